The number of carbonyl (C=O) groups excluding carboxylic acids is 1. The standard InChI is InChI=1S/C13H19N3OS/c1-3-14-11-8-10(4-7-15-11)12(17)16-9-13(18-2)5-6-13/h4,7-8H,3,5-6,9H2,1-2H3,(H,14,15)(H,16,17). The third kappa shape index (κ3) is 3.16. The van der Waals surface area contributed by atoms with Crippen molar-refractivity contribution < 1.29 is 4.79 Å². The molecule has 1 aromatic rings. The summed E-state index contributed by atoms with van der Waals surface area (Å²) in [4.78, 5) is 16.2. The molecule has 1 aliphatic carbocycles. The number of aromatic nitrogens is 1. The van der Waals surface area contributed by atoms with Gasteiger partial charge in [0, 0.05) is 29.6 Å². The number of nitrogens with one attached hydrogen (secondary N) is 2. The predicted molar refractivity (Wildman–Crippen MR) is 76.2 cm³/mol. The molecule has 0 aromatic carbocycles. The van der Waals surface area contributed by atoms with Crippen molar-refractivity contribution in [3.05, 3.63) is 23.9 Å². The second-order valence-electron chi connectivity index (χ2n) is 4.53. The van der Waals surface area contributed by atoms with Gasteiger partial charge in [-0.25, -0.2) is 4.98 Å². The van der Waals surface area contributed by atoms with E-state index in [0.29, 0.717) is 10.3 Å². The van der Waals surface area contributed by atoms with Crippen LogP contribution < -0.4 is 10.6 Å². The van der Waals surface area contributed by atoms with Gasteiger partial charge in [0.2, 0.25) is 0 Å². The number of anilines is 1. The van der Waals surface area contributed by atoms with Crippen molar-refractivity contribution in [2.75, 3.05) is 24.7 Å². The van der Waals surface area contributed by atoms with Gasteiger partial charge in [0.25, 0.3) is 5.91 Å². The van der Waals surface area contributed by atoms with E-state index >= 15 is 0 Å². The van der Waals surface area contributed by atoms with Crippen LogP contribution in [0.1, 0.15) is 30.1 Å². The maximum atomic E-state index is 12.0. The fourth-order valence-electron chi connectivity index (χ4n) is 1.79. The van der Waals surface area contributed by atoms with Crippen LogP contribution >= 0.6 is 11.8 Å². The molecular weight excluding hydrogens is 246 g/mol. The van der Waals surface area contributed by atoms with E-state index in [1.54, 1.807) is 18.3 Å². The minimum Gasteiger partial charge on any atom is -0.370 e. The van der Waals surface area contributed by atoms with Crippen LogP contribution in [0.25, 0.3) is 0 Å². The van der Waals surface area contributed by atoms with Gasteiger partial charge in [0.05, 0.1) is 0 Å². The first-order valence-corrected chi connectivity index (χ1v) is 7.45. The van der Waals surface area contributed by atoms with Crippen LogP contribution in [-0.2, 0) is 0 Å². The lowest BCUT2D eigenvalue weighted by molar-refractivity contribution is 0.0953. The Kier molecular flexibility index (Phi) is 4.11. The normalized spacial score (nSPS) is 16.1. The summed E-state index contributed by atoms with van der Waals surface area (Å²) in [7, 11) is 0. The van der Waals surface area contributed by atoms with Crippen molar-refractivity contribution >= 4 is 23.5 Å². The number of thioether (sulfide) groups is 1. The zero-order valence-corrected chi connectivity index (χ0v) is 11.6. The van der Waals surface area contributed by atoms with Gasteiger partial charge >= 0.3 is 0 Å². The lowest BCUT2D eigenvalue weighted by Gasteiger charge is -2.13. The molecule has 4 nitrogen and oxygen atoms in total. The topological polar surface area (TPSA) is 54.0 Å². The number of rotatable bonds is 6. The average Bonchev–Trinajstić information content (AvgIpc) is 3.17. The molecule has 0 unspecified atom stereocenters. The van der Waals surface area contributed by atoms with Gasteiger partial charge in [0.15, 0.2) is 0 Å². The van der Waals surface area contributed by atoms with Crippen LogP contribution in [0, 0.1) is 0 Å². The molecule has 18 heavy (non-hydrogen) atoms. The van der Waals surface area contributed by atoms with Gasteiger partial charge in [-0.3, -0.25) is 4.79 Å². The summed E-state index contributed by atoms with van der Waals surface area (Å²) in [6.07, 6.45) is 6.17. The van der Waals surface area contributed by atoms with E-state index in [4.69, 9.17) is 0 Å². The number of nitrogens with zero attached hydrogens (tertiary/aromatic N) is 1. The zero-order chi connectivity index (χ0) is 13.0. The summed E-state index contributed by atoms with van der Waals surface area (Å²) >= 11 is 1.85. The lowest BCUT2D eigenvalue weighted by Crippen LogP contribution is -2.31. The Hall–Kier alpha value is -1.23. The number of hydrogen-bond acceptors (Lipinski definition) is 4. The van der Waals surface area contributed by atoms with Crippen molar-refractivity contribution in [1.82, 2.24) is 10.3 Å². The molecule has 0 atom stereocenters. The van der Waals surface area contributed by atoms with Gasteiger partial charge in [0.1, 0.15) is 5.82 Å². The molecule has 98 valence electrons. The van der Waals surface area contributed by atoms with E-state index in [-0.39, 0.29) is 5.91 Å². The molecule has 1 aromatic heterocycles. The molecule has 1 heterocycles. The van der Waals surface area contributed by atoms with E-state index < -0.39 is 0 Å². The molecule has 1 saturated carbocycles. The molecule has 1 aliphatic rings. The van der Waals surface area contributed by atoms with Crippen molar-refractivity contribution in [2.45, 2.75) is 24.5 Å². The largest absolute Gasteiger partial charge is 0.370 e. The van der Waals surface area contributed by atoms with E-state index in [2.05, 4.69) is 21.9 Å². The van der Waals surface area contributed by atoms with Crippen LogP contribution in [0.2, 0.25) is 0 Å². The molecule has 0 bridgehead atoms. The summed E-state index contributed by atoms with van der Waals surface area (Å²) in [5, 5.41) is 6.11. The maximum absolute atomic E-state index is 12.0. The second-order valence-corrected chi connectivity index (χ2v) is 5.80. The van der Waals surface area contributed by atoms with Gasteiger partial charge in [-0.15, -0.1) is 0 Å². The van der Waals surface area contributed by atoms with Crippen LogP contribution in [0.4, 0.5) is 5.82 Å². The Morgan fingerprint density at radius 2 is 2.33 bits per heavy atom. The molecule has 1 amide bonds. The molecule has 0 spiro atoms. The summed E-state index contributed by atoms with van der Waals surface area (Å²) < 4.78 is 0.299. The molecule has 0 saturated heterocycles. The summed E-state index contributed by atoms with van der Waals surface area (Å²) in [6.45, 7) is 3.56. The first-order chi connectivity index (χ1) is 8.69. The Balaban J connectivity index is 1.93. The summed E-state index contributed by atoms with van der Waals surface area (Å²) in [5.41, 5.74) is 0.665. The minimum absolute atomic E-state index is 0.0168. The van der Waals surface area contributed by atoms with Crippen LogP contribution in [0.15, 0.2) is 18.3 Å². The smallest absolute Gasteiger partial charge is 0.251 e. The van der Waals surface area contributed by atoms with E-state index in [1.807, 2.05) is 18.7 Å². The zero-order valence-electron chi connectivity index (χ0n) is 10.8. The molecule has 0 radical (unpaired) electrons. The molecular formula is C13H19N3OS. The summed E-state index contributed by atoms with van der Waals surface area (Å²) in [6, 6.07) is 3.53. The molecule has 2 N–H and O–H groups in total. The fraction of sp³-hybridized carbons (Fsp3) is 0.538. The third-order valence-electron chi connectivity index (χ3n) is 3.19. The Morgan fingerprint density at radius 3 is 2.94 bits per heavy atom. The highest BCUT2D eigenvalue weighted by Crippen LogP contribution is 2.46. The first kappa shape index (κ1) is 13.2. The highest BCUT2D eigenvalue weighted by Gasteiger charge is 2.41. The van der Waals surface area contributed by atoms with Gasteiger partial charge < -0.3 is 10.6 Å². The quantitative estimate of drug-likeness (QED) is 0.827. The highest BCUT2D eigenvalue weighted by atomic mass is 32.2. The monoisotopic (exact) mass is 265 g/mol. The van der Waals surface area contributed by atoms with Crippen molar-refractivity contribution in [1.29, 1.82) is 0 Å². The highest BCUT2D eigenvalue weighted by molar-refractivity contribution is 8.00. The van der Waals surface area contributed by atoms with Gasteiger partial charge in [-0.1, -0.05) is 0 Å². The molecule has 5 heteroatoms. The number of hydrogen-bond donors (Lipinski definition) is 2. The Labute approximate surface area is 112 Å². The van der Waals surface area contributed by atoms with Crippen molar-refractivity contribution in [3.63, 3.8) is 0 Å². The molecule has 0 aliphatic heterocycles. The minimum atomic E-state index is -0.0168. The van der Waals surface area contributed by atoms with Gasteiger partial charge in [-0.05, 0) is 38.2 Å². The summed E-state index contributed by atoms with van der Waals surface area (Å²) in [5.74, 6) is 0.730. The van der Waals surface area contributed by atoms with Crippen molar-refractivity contribution in [3.8, 4) is 0 Å². The van der Waals surface area contributed by atoms with E-state index in [1.165, 1.54) is 12.8 Å². The second kappa shape index (κ2) is 5.61. The number of amides is 1. The number of pyridine rings is 1. The Bertz CT molecular complexity index is 432. The first-order valence-electron chi connectivity index (χ1n) is 6.22. The lowest BCUT2D eigenvalue weighted by atomic mass is 10.2. The van der Waals surface area contributed by atoms with Gasteiger partial charge in [-0.2, -0.15) is 11.8 Å². The predicted octanol–water partition coefficient (Wildman–Crippen LogP) is 2.14. The third-order valence-corrected chi connectivity index (χ3v) is 4.61. The molecule has 2 rings (SSSR count). The van der Waals surface area contributed by atoms with E-state index in [0.717, 1.165) is 18.9 Å². The fourth-order valence-corrected chi connectivity index (χ4v) is 2.51. The number of carbonyl (C=O) groups is 1. The van der Waals surface area contributed by atoms with Crippen LogP contribution in [-0.4, -0.2) is 35.0 Å². The average molecular weight is 265 g/mol. The SMILES string of the molecule is CCNc1cc(C(=O)NCC2(SC)CC2)ccn1. The maximum Gasteiger partial charge on any atom is 0.251 e. The van der Waals surface area contributed by atoms with Crippen molar-refractivity contribution in [2.24, 2.45) is 0 Å². The molecule has 1 fully saturated rings. The van der Waals surface area contributed by atoms with Crippen LogP contribution in [0.3, 0.4) is 0 Å². The van der Waals surface area contributed by atoms with E-state index in [9.17, 15) is 4.79 Å². The Morgan fingerprint density at radius 1 is 1.56 bits per heavy atom. The van der Waals surface area contributed by atoms with Crippen LogP contribution in [0.5, 0.6) is 0 Å².